The number of nitrogens with two attached hydrogens (primary N) is 1. The van der Waals surface area contributed by atoms with Crippen molar-refractivity contribution in [3.05, 3.63) is 114 Å². The van der Waals surface area contributed by atoms with Crippen molar-refractivity contribution in [2.75, 3.05) is 20.3 Å². The number of fused-ring (bicyclic) bond motifs is 6. The van der Waals surface area contributed by atoms with E-state index in [-0.39, 0.29) is 24.9 Å². The highest BCUT2D eigenvalue weighted by Gasteiger charge is 2.61. The molecule has 10 unspecified atom stereocenters. The van der Waals surface area contributed by atoms with Crippen molar-refractivity contribution < 1.29 is 68.3 Å². The molecule has 0 saturated carbocycles. The molecule has 5 aromatic rings. The number of aliphatic hydroxyl groups is 4. The van der Waals surface area contributed by atoms with Crippen LogP contribution in [0, 0.1) is 0 Å². The van der Waals surface area contributed by atoms with Crippen LogP contribution in [0.5, 0.6) is 28.7 Å². The minimum atomic E-state index is -2.10. The van der Waals surface area contributed by atoms with Crippen molar-refractivity contribution in [2.24, 2.45) is 5.73 Å². The van der Waals surface area contributed by atoms with Gasteiger partial charge in [0, 0.05) is 54.1 Å². The summed E-state index contributed by atoms with van der Waals surface area (Å²) in [5, 5.41) is 56.7. The lowest BCUT2D eigenvalue weighted by Crippen LogP contribution is -2.74. The van der Waals surface area contributed by atoms with Crippen LogP contribution in [0.2, 0.25) is 0 Å². The Kier molecular flexibility index (Phi) is 11.0. The SMILES string of the molecule is COc1ccc2c(c1OCCO)OC1c3c(Cn4cc5cc[nH]c5c4)cc(OC4OC5(C=CNC(N)C5OC(=O)CC(=O)O)C(O)C(O)C4O)cc3OC(Cc3ccccc3)C21. The Labute approximate surface area is 353 Å². The summed E-state index contributed by atoms with van der Waals surface area (Å²) in [5.41, 5.74) is 8.33. The first kappa shape index (κ1) is 41.1. The molecule has 18 heteroatoms. The maximum Gasteiger partial charge on any atom is 0.317 e. The van der Waals surface area contributed by atoms with E-state index in [4.69, 9.17) is 38.9 Å². The number of aromatic amines is 1. The van der Waals surface area contributed by atoms with Gasteiger partial charge in [0.15, 0.2) is 23.2 Å². The molecule has 4 aliphatic heterocycles. The number of methoxy groups -OCH3 is 1. The number of aliphatic hydroxyl groups excluding tert-OH is 4. The van der Waals surface area contributed by atoms with Gasteiger partial charge in [-0.05, 0) is 41.6 Å². The molecule has 4 aliphatic rings. The smallest absolute Gasteiger partial charge is 0.317 e. The third-order valence-corrected chi connectivity index (χ3v) is 11.7. The van der Waals surface area contributed by atoms with Crippen molar-refractivity contribution in [1.82, 2.24) is 14.9 Å². The summed E-state index contributed by atoms with van der Waals surface area (Å²) in [7, 11) is 1.53. The second kappa shape index (κ2) is 16.5. The summed E-state index contributed by atoms with van der Waals surface area (Å²) in [5.74, 6) is -1.18. The molecule has 62 heavy (non-hydrogen) atoms. The fourth-order valence-corrected chi connectivity index (χ4v) is 8.98. The zero-order valence-electron chi connectivity index (χ0n) is 33.3. The van der Waals surface area contributed by atoms with E-state index >= 15 is 0 Å². The van der Waals surface area contributed by atoms with Gasteiger partial charge in [0.1, 0.15) is 61.2 Å². The largest absolute Gasteiger partial charge is 0.493 e. The maximum absolute atomic E-state index is 12.6. The van der Waals surface area contributed by atoms with Crippen molar-refractivity contribution in [2.45, 2.75) is 80.0 Å². The number of esters is 1. The number of rotatable bonds is 13. The highest BCUT2D eigenvalue weighted by atomic mass is 16.7. The van der Waals surface area contributed by atoms with Crippen LogP contribution in [0.15, 0.2) is 91.5 Å². The molecule has 10 atom stereocenters. The fourth-order valence-electron chi connectivity index (χ4n) is 8.98. The van der Waals surface area contributed by atoms with Crippen molar-refractivity contribution >= 4 is 22.8 Å². The van der Waals surface area contributed by atoms with E-state index in [1.807, 2.05) is 71.7 Å². The van der Waals surface area contributed by atoms with E-state index in [1.54, 1.807) is 12.1 Å². The first-order valence-electron chi connectivity index (χ1n) is 20.1. The first-order valence-corrected chi connectivity index (χ1v) is 20.1. The standard InChI is InChI=1S/C44H46N4O14/c1-56-28-8-7-26-34-29(15-22-5-3-2-4-6-22)59-30-17-25(58-43-36(54)35(53)40(55)44(62-43)10-12-47-42(45)41(44)60-32(52)18-31(50)51)16-24(20-48-19-23-9-11-46-27(23)21-48)33(30)39(34)61-37(26)38(28)57-14-13-49/h2-12,16-17,19,21,29,34-36,39-43,46-47,49,53-55H,13-15,18,20,45H2,1H3,(H,50,51). The van der Waals surface area contributed by atoms with Crippen LogP contribution in [-0.2, 0) is 32.0 Å². The lowest BCUT2D eigenvalue weighted by atomic mass is 9.79. The topological polar surface area (TPSA) is 259 Å². The van der Waals surface area contributed by atoms with Crippen LogP contribution >= 0.6 is 0 Å². The quantitative estimate of drug-likeness (QED) is 0.0622. The van der Waals surface area contributed by atoms with Gasteiger partial charge in [-0.2, -0.15) is 0 Å². The van der Waals surface area contributed by atoms with Crippen LogP contribution in [0.4, 0.5) is 0 Å². The summed E-state index contributed by atoms with van der Waals surface area (Å²) in [4.78, 5) is 27.2. The van der Waals surface area contributed by atoms with Gasteiger partial charge in [-0.25, -0.2) is 0 Å². The number of nitrogens with zero attached hydrogens (tertiary/aromatic N) is 1. The minimum absolute atomic E-state index is 0.00458. The number of carbonyl (C=O) groups is 2. The molecule has 9 rings (SSSR count). The number of H-pyrrole nitrogens is 1. The second-order valence-electron chi connectivity index (χ2n) is 15.7. The Morgan fingerprint density at radius 1 is 1.02 bits per heavy atom. The van der Waals surface area contributed by atoms with E-state index < -0.39 is 73.0 Å². The van der Waals surface area contributed by atoms with Crippen LogP contribution in [-0.4, -0.2) is 116 Å². The van der Waals surface area contributed by atoms with E-state index in [0.717, 1.165) is 22.0 Å². The van der Waals surface area contributed by atoms with Crippen molar-refractivity contribution in [1.29, 1.82) is 0 Å². The lowest BCUT2D eigenvalue weighted by Gasteiger charge is -2.52. The van der Waals surface area contributed by atoms with Gasteiger partial charge in [0.2, 0.25) is 12.0 Å². The summed E-state index contributed by atoms with van der Waals surface area (Å²) < 4.78 is 45.8. The maximum atomic E-state index is 12.6. The molecule has 0 amide bonds. The molecule has 1 saturated heterocycles. The number of carboxylic acids is 1. The van der Waals surface area contributed by atoms with Gasteiger partial charge in [-0.1, -0.05) is 36.4 Å². The van der Waals surface area contributed by atoms with E-state index in [2.05, 4.69) is 10.3 Å². The van der Waals surface area contributed by atoms with Gasteiger partial charge in [-0.15, -0.1) is 0 Å². The highest BCUT2D eigenvalue weighted by Crippen LogP contribution is 2.59. The third kappa shape index (κ3) is 7.33. The van der Waals surface area contributed by atoms with Gasteiger partial charge in [0.05, 0.1) is 25.2 Å². The Balaban J connectivity index is 1.14. The summed E-state index contributed by atoms with van der Waals surface area (Å²) in [6.45, 7) is 0.0663. The fraction of sp³-hybridized carbons (Fsp3) is 0.364. The van der Waals surface area contributed by atoms with Crippen LogP contribution in [0.1, 0.15) is 40.7 Å². The zero-order valence-corrected chi connectivity index (χ0v) is 33.3. The molecule has 0 bridgehead atoms. The van der Waals surface area contributed by atoms with Crippen LogP contribution in [0.25, 0.3) is 10.9 Å². The first-order chi connectivity index (χ1) is 30.0. The number of aromatic nitrogens is 2. The normalized spacial score (nSPS) is 28.2. The predicted octanol–water partition coefficient (Wildman–Crippen LogP) is 1.96. The van der Waals surface area contributed by atoms with Gasteiger partial charge < -0.3 is 79.3 Å². The third-order valence-electron chi connectivity index (χ3n) is 11.7. The predicted molar refractivity (Wildman–Crippen MR) is 217 cm³/mol. The average Bonchev–Trinajstić information content (AvgIpc) is 3.97. The molecular weight excluding hydrogens is 808 g/mol. The number of hydrogen-bond donors (Lipinski definition) is 8. The molecule has 3 aromatic carbocycles. The van der Waals surface area contributed by atoms with Gasteiger partial charge in [-0.3, -0.25) is 9.59 Å². The average molecular weight is 855 g/mol. The molecule has 18 nitrogen and oxygen atoms in total. The number of carbonyl (C=O) groups excluding carboxylic acids is 1. The lowest BCUT2D eigenvalue weighted by molar-refractivity contribution is -0.321. The van der Waals surface area contributed by atoms with Gasteiger partial charge >= 0.3 is 11.9 Å². The summed E-state index contributed by atoms with van der Waals surface area (Å²) in [6, 6.07) is 18.9. The number of aliphatic carboxylic acids is 1. The van der Waals surface area contributed by atoms with Gasteiger partial charge in [0.25, 0.3) is 0 Å². The Hall–Kier alpha value is -6.28. The summed E-state index contributed by atoms with van der Waals surface area (Å²) in [6.07, 6.45) is -3.43. The zero-order chi connectivity index (χ0) is 43.3. The van der Waals surface area contributed by atoms with Crippen molar-refractivity contribution in [3.63, 3.8) is 0 Å². The molecule has 0 radical (unpaired) electrons. The van der Waals surface area contributed by atoms with Crippen LogP contribution in [0.3, 0.4) is 0 Å². The number of ether oxygens (including phenoxy) is 7. The molecule has 9 N–H and O–H groups in total. The molecular formula is C44H46N4O14. The Morgan fingerprint density at radius 2 is 1.84 bits per heavy atom. The molecule has 1 spiro atoms. The molecule has 326 valence electrons. The highest BCUT2D eigenvalue weighted by molar-refractivity contribution is 5.90. The monoisotopic (exact) mass is 854 g/mol. The Bertz CT molecular complexity index is 2460. The van der Waals surface area contributed by atoms with Crippen molar-refractivity contribution in [3.8, 4) is 28.7 Å². The summed E-state index contributed by atoms with van der Waals surface area (Å²) >= 11 is 0. The number of benzene rings is 3. The Morgan fingerprint density at radius 3 is 2.60 bits per heavy atom. The van der Waals surface area contributed by atoms with E-state index in [0.29, 0.717) is 47.1 Å². The number of hydrogen-bond acceptors (Lipinski definition) is 15. The second-order valence-corrected chi connectivity index (χ2v) is 15.7. The minimum Gasteiger partial charge on any atom is -0.493 e. The van der Waals surface area contributed by atoms with E-state index in [9.17, 15) is 35.1 Å². The molecule has 1 fully saturated rings. The molecule has 2 aromatic heterocycles. The molecule has 0 aliphatic carbocycles. The number of carboxylic acid groups (broad SMARTS) is 1. The van der Waals surface area contributed by atoms with E-state index in [1.165, 1.54) is 19.4 Å². The van der Waals surface area contributed by atoms with Crippen LogP contribution < -0.4 is 34.7 Å². The molecule has 6 heterocycles. The number of nitrogens with one attached hydrogen (secondary N) is 2.